The minimum Gasteiger partial charge on any atom is -0.355 e. The fourth-order valence-corrected chi connectivity index (χ4v) is 2.61. The second-order valence-corrected chi connectivity index (χ2v) is 5.46. The van der Waals surface area contributed by atoms with Crippen molar-refractivity contribution < 1.29 is 9.59 Å². The highest BCUT2D eigenvalue weighted by molar-refractivity contribution is 5.86. The largest absolute Gasteiger partial charge is 0.355 e. The molecule has 2 amide bonds. The van der Waals surface area contributed by atoms with E-state index in [1.54, 1.807) is 4.90 Å². The third-order valence-electron chi connectivity index (χ3n) is 4.01. The van der Waals surface area contributed by atoms with E-state index in [0.29, 0.717) is 19.0 Å². The van der Waals surface area contributed by atoms with E-state index in [-0.39, 0.29) is 30.3 Å². The molecule has 3 unspecified atom stereocenters. The highest BCUT2D eigenvalue weighted by Gasteiger charge is 2.32. The third-order valence-corrected chi connectivity index (χ3v) is 4.01. The van der Waals surface area contributed by atoms with E-state index in [0.717, 1.165) is 19.3 Å². The lowest BCUT2D eigenvalue weighted by atomic mass is 9.79. The lowest BCUT2D eigenvalue weighted by molar-refractivity contribution is -0.140. The van der Waals surface area contributed by atoms with Gasteiger partial charge in [-0.25, -0.2) is 0 Å². The number of carbonyl (C=O) groups is 2. The summed E-state index contributed by atoms with van der Waals surface area (Å²) in [4.78, 5) is 25.6. The number of likely N-dealkylation sites (N-methyl/N-ethyl adjacent to an activating group) is 2. The van der Waals surface area contributed by atoms with E-state index in [1.165, 1.54) is 0 Å². The van der Waals surface area contributed by atoms with Crippen molar-refractivity contribution in [3.63, 3.8) is 0 Å². The number of nitrogens with one attached hydrogen (secondary N) is 1. The molecule has 3 atom stereocenters. The first-order chi connectivity index (χ1) is 8.99. The van der Waals surface area contributed by atoms with Crippen molar-refractivity contribution in [1.29, 1.82) is 0 Å². The van der Waals surface area contributed by atoms with E-state index >= 15 is 0 Å². The predicted molar refractivity (Wildman–Crippen MR) is 75.4 cm³/mol. The molecular weight excluding hydrogens is 242 g/mol. The summed E-state index contributed by atoms with van der Waals surface area (Å²) in [7, 11) is 0. The molecule has 1 saturated carbocycles. The van der Waals surface area contributed by atoms with Crippen LogP contribution in [0.15, 0.2) is 0 Å². The summed E-state index contributed by atoms with van der Waals surface area (Å²) in [6, 6.07) is 0.103. The monoisotopic (exact) mass is 269 g/mol. The smallest absolute Gasteiger partial charge is 0.239 e. The van der Waals surface area contributed by atoms with Gasteiger partial charge < -0.3 is 16.0 Å². The number of hydrogen-bond acceptors (Lipinski definition) is 3. The first-order valence-electron chi connectivity index (χ1n) is 7.30. The van der Waals surface area contributed by atoms with Gasteiger partial charge in [0.1, 0.15) is 0 Å². The maximum Gasteiger partial charge on any atom is 0.239 e. The minimum atomic E-state index is -0.0915. The Bertz CT molecular complexity index is 320. The molecule has 0 radical (unpaired) electrons. The molecular formula is C14H27N3O2. The Balaban J connectivity index is 2.56. The highest BCUT2D eigenvalue weighted by Crippen LogP contribution is 2.28. The zero-order chi connectivity index (χ0) is 14.4. The van der Waals surface area contributed by atoms with Crippen molar-refractivity contribution in [3.05, 3.63) is 0 Å². The lowest BCUT2D eigenvalue weighted by Gasteiger charge is -2.34. The van der Waals surface area contributed by atoms with Crippen LogP contribution >= 0.6 is 0 Å². The number of hydrogen-bond donors (Lipinski definition) is 2. The first kappa shape index (κ1) is 16.0. The van der Waals surface area contributed by atoms with Crippen LogP contribution in [0, 0.1) is 11.8 Å². The molecule has 110 valence electrons. The van der Waals surface area contributed by atoms with Crippen molar-refractivity contribution >= 4 is 11.8 Å². The molecule has 5 nitrogen and oxygen atoms in total. The average molecular weight is 269 g/mol. The Morgan fingerprint density at radius 2 is 2.00 bits per heavy atom. The Kier molecular flexibility index (Phi) is 6.28. The van der Waals surface area contributed by atoms with Crippen LogP contribution in [0.5, 0.6) is 0 Å². The molecule has 1 fully saturated rings. The molecule has 5 heteroatoms. The highest BCUT2D eigenvalue weighted by atomic mass is 16.2. The van der Waals surface area contributed by atoms with Gasteiger partial charge in [-0.05, 0) is 39.0 Å². The zero-order valence-electron chi connectivity index (χ0n) is 12.3. The van der Waals surface area contributed by atoms with E-state index in [2.05, 4.69) is 12.2 Å². The molecule has 1 aliphatic carbocycles. The zero-order valence-corrected chi connectivity index (χ0v) is 12.3. The van der Waals surface area contributed by atoms with Crippen LogP contribution in [-0.2, 0) is 9.59 Å². The summed E-state index contributed by atoms with van der Waals surface area (Å²) in [5, 5.41) is 2.73. The van der Waals surface area contributed by atoms with Gasteiger partial charge in [-0.1, -0.05) is 6.92 Å². The molecule has 1 rings (SSSR count). The summed E-state index contributed by atoms with van der Waals surface area (Å²) >= 11 is 0. The van der Waals surface area contributed by atoms with E-state index in [4.69, 9.17) is 5.73 Å². The molecule has 0 aliphatic heterocycles. The molecule has 0 aromatic rings. The number of amides is 2. The fourth-order valence-electron chi connectivity index (χ4n) is 2.61. The normalized spacial score (nSPS) is 26.8. The van der Waals surface area contributed by atoms with Crippen molar-refractivity contribution in [1.82, 2.24) is 10.2 Å². The quantitative estimate of drug-likeness (QED) is 0.773. The maximum absolute atomic E-state index is 12.4. The molecule has 0 heterocycles. The van der Waals surface area contributed by atoms with Crippen molar-refractivity contribution in [2.75, 3.05) is 19.6 Å². The second kappa shape index (κ2) is 7.48. The average Bonchev–Trinajstić information content (AvgIpc) is 2.38. The van der Waals surface area contributed by atoms with Crippen LogP contribution in [0.1, 0.15) is 40.0 Å². The molecule has 0 saturated heterocycles. The van der Waals surface area contributed by atoms with E-state index in [9.17, 15) is 9.59 Å². The van der Waals surface area contributed by atoms with Gasteiger partial charge in [0.15, 0.2) is 0 Å². The molecule has 0 spiro atoms. The molecule has 0 bridgehead atoms. The van der Waals surface area contributed by atoms with Crippen molar-refractivity contribution in [3.8, 4) is 0 Å². The van der Waals surface area contributed by atoms with Gasteiger partial charge in [0.05, 0.1) is 6.54 Å². The van der Waals surface area contributed by atoms with Gasteiger partial charge >= 0.3 is 0 Å². The van der Waals surface area contributed by atoms with Crippen LogP contribution in [0.4, 0.5) is 0 Å². The maximum atomic E-state index is 12.4. The van der Waals surface area contributed by atoms with Gasteiger partial charge in [0.2, 0.25) is 11.8 Å². The number of carbonyl (C=O) groups excluding carboxylic acids is 2. The third kappa shape index (κ3) is 4.49. The fraction of sp³-hybridized carbons (Fsp3) is 0.857. The summed E-state index contributed by atoms with van der Waals surface area (Å²) < 4.78 is 0. The Labute approximate surface area is 115 Å². The SMILES string of the molecule is CCNC(=O)CN(CC)C(=O)C1CCC(C)C(N)C1. The first-order valence-corrected chi connectivity index (χ1v) is 7.30. The van der Waals surface area contributed by atoms with Crippen LogP contribution < -0.4 is 11.1 Å². The van der Waals surface area contributed by atoms with Gasteiger partial charge in [-0.2, -0.15) is 0 Å². The van der Waals surface area contributed by atoms with Crippen LogP contribution in [-0.4, -0.2) is 42.4 Å². The second-order valence-electron chi connectivity index (χ2n) is 5.46. The van der Waals surface area contributed by atoms with Crippen molar-refractivity contribution in [2.45, 2.75) is 46.1 Å². The van der Waals surface area contributed by atoms with Crippen LogP contribution in [0.25, 0.3) is 0 Å². The standard InChI is InChI=1S/C14H27N3O2/c1-4-16-13(18)9-17(5-2)14(19)11-7-6-10(3)12(15)8-11/h10-12H,4-9,15H2,1-3H3,(H,16,18). The van der Waals surface area contributed by atoms with E-state index in [1.807, 2.05) is 13.8 Å². The molecule has 0 aromatic carbocycles. The van der Waals surface area contributed by atoms with Crippen LogP contribution in [0.3, 0.4) is 0 Å². The molecule has 3 N–H and O–H groups in total. The molecule has 0 aromatic heterocycles. The van der Waals surface area contributed by atoms with Gasteiger partial charge in [0, 0.05) is 25.0 Å². The summed E-state index contributed by atoms with van der Waals surface area (Å²) in [5.41, 5.74) is 6.05. The Morgan fingerprint density at radius 3 is 2.53 bits per heavy atom. The molecule has 19 heavy (non-hydrogen) atoms. The number of nitrogens with zero attached hydrogens (tertiary/aromatic N) is 1. The van der Waals surface area contributed by atoms with Gasteiger partial charge in [-0.15, -0.1) is 0 Å². The molecule has 1 aliphatic rings. The van der Waals surface area contributed by atoms with Gasteiger partial charge in [0.25, 0.3) is 0 Å². The Hall–Kier alpha value is -1.10. The Morgan fingerprint density at radius 1 is 1.32 bits per heavy atom. The predicted octanol–water partition coefficient (Wildman–Crippen LogP) is 0.735. The van der Waals surface area contributed by atoms with Crippen molar-refractivity contribution in [2.24, 2.45) is 17.6 Å². The summed E-state index contributed by atoms with van der Waals surface area (Å²) in [6.07, 6.45) is 2.63. The lowest BCUT2D eigenvalue weighted by Crippen LogP contribution is -2.46. The number of rotatable bonds is 5. The number of nitrogens with two attached hydrogens (primary N) is 1. The van der Waals surface area contributed by atoms with E-state index < -0.39 is 0 Å². The topological polar surface area (TPSA) is 75.4 Å². The summed E-state index contributed by atoms with van der Waals surface area (Å²) in [6.45, 7) is 7.23. The van der Waals surface area contributed by atoms with Crippen LogP contribution in [0.2, 0.25) is 0 Å². The minimum absolute atomic E-state index is 0.0134. The van der Waals surface area contributed by atoms with Gasteiger partial charge in [-0.3, -0.25) is 9.59 Å². The summed E-state index contributed by atoms with van der Waals surface area (Å²) in [5.74, 6) is 0.463.